The standard InChI is InChI=1S/C11H22N2O2/c1-10(2,12-4)9(14)13-11(3)6-5-7-15-8-11/h12H,5-8H2,1-4H3,(H,13,14). The fourth-order valence-corrected chi connectivity index (χ4v) is 1.58. The minimum atomic E-state index is -0.527. The van der Waals surface area contributed by atoms with Gasteiger partial charge in [0.2, 0.25) is 5.91 Å². The van der Waals surface area contributed by atoms with Crippen LogP contribution in [0.2, 0.25) is 0 Å². The molecule has 1 saturated heterocycles. The van der Waals surface area contributed by atoms with E-state index in [4.69, 9.17) is 4.74 Å². The number of hydrogen-bond donors (Lipinski definition) is 2. The molecule has 0 aromatic rings. The summed E-state index contributed by atoms with van der Waals surface area (Å²) in [6, 6.07) is 0. The lowest BCUT2D eigenvalue weighted by molar-refractivity contribution is -0.129. The SMILES string of the molecule is CNC(C)(C)C(=O)NC1(C)CCCOC1. The lowest BCUT2D eigenvalue weighted by Gasteiger charge is -2.37. The Morgan fingerprint density at radius 2 is 2.13 bits per heavy atom. The first-order chi connectivity index (χ1) is 6.90. The molecule has 1 rings (SSSR count). The molecule has 2 N–H and O–H groups in total. The van der Waals surface area contributed by atoms with Gasteiger partial charge in [0.1, 0.15) is 0 Å². The minimum Gasteiger partial charge on any atom is -0.379 e. The molecule has 0 spiro atoms. The highest BCUT2D eigenvalue weighted by molar-refractivity contribution is 5.86. The van der Waals surface area contributed by atoms with Gasteiger partial charge in [-0.15, -0.1) is 0 Å². The predicted molar refractivity (Wildman–Crippen MR) is 59.7 cm³/mol. The molecular weight excluding hydrogens is 192 g/mol. The summed E-state index contributed by atoms with van der Waals surface area (Å²) in [6.45, 7) is 7.19. The lowest BCUT2D eigenvalue weighted by atomic mass is 9.93. The van der Waals surface area contributed by atoms with E-state index in [-0.39, 0.29) is 11.4 Å². The summed E-state index contributed by atoms with van der Waals surface area (Å²) in [5.74, 6) is 0.0259. The van der Waals surface area contributed by atoms with Crippen LogP contribution in [0.5, 0.6) is 0 Å². The molecule has 88 valence electrons. The van der Waals surface area contributed by atoms with Crippen LogP contribution in [-0.2, 0) is 9.53 Å². The van der Waals surface area contributed by atoms with Gasteiger partial charge in [0.05, 0.1) is 17.7 Å². The van der Waals surface area contributed by atoms with Crippen molar-refractivity contribution in [1.29, 1.82) is 0 Å². The average molecular weight is 214 g/mol. The molecule has 0 saturated carbocycles. The molecule has 0 aromatic carbocycles. The predicted octanol–water partition coefficient (Wildman–Crippen LogP) is 0.670. The topological polar surface area (TPSA) is 50.4 Å². The lowest BCUT2D eigenvalue weighted by Crippen LogP contribution is -2.60. The van der Waals surface area contributed by atoms with Crippen molar-refractivity contribution in [3.63, 3.8) is 0 Å². The van der Waals surface area contributed by atoms with Gasteiger partial charge in [-0.25, -0.2) is 0 Å². The second-order valence-electron chi connectivity index (χ2n) is 5.05. The van der Waals surface area contributed by atoms with Crippen LogP contribution in [0.1, 0.15) is 33.6 Å². The van der Waals surface area contributed by atoms with Crippen LogP contribution >= 0.6 is 0 Å². The normalized spacial score (nSPS) is 27.5. The van der Waals surface area contributed by atoms with Gasteiger partial charge in [-0.1, -0.05) is 0 Å². The van der Waals surface area contributed by atoms with E-state index in [1.165, 1.54) is 0 Å². The first-order valence-electron chi connectivity index (χ1n) is 5.49. The van der Waals surface area contributed by atoms with Gasteiger partial charge in [0.25, 0.3) is 0 Å². The number of nitrogens with one attached hydrogen (secondary N) is 2. The zero-order valence-electron chi connectivity index (χ0n) is 10.1. The Morgan fingerprint density at radius 1 is 1.47 bits per heavy atom. The fourth-order valence-electron chi connectivity index (χ4n) is 1.58. The third-order valence-electron chi connectivity index (χ3n) is 3.05. The van der Waals surface area contributed by atoms with Crippen LogP contribution in [0.3, 0.4) is 0 Å². The van der Waals surface area contributed by atoms with E-state index < -0.39 is 5.54 Å². The Bertz CT molecular complexity index is 233. The Morgan fingerprint density at radius 3 is 2.60 bits per heavy atom. The first kappa shape index (κ1) is 12.5. The molecule has 4 heteroatoms. The highest BCUT2D eigenvalue weighted by Crippen LogP contribution is 2.19. The maximum absolute atomic E-state index is 11.9. The maximum atomic E-state index is 11.9. The molecule has 1 unspecified atom stereocenters. The van der Waals surface area contributed by atoms with Gasteiger partial charge >= 0.3 is 0 Å². The third kappa shape index (κ3) is 3.18. The van der Waals surface area contributed by atoms with Crippen molar-refractivity contribution in [3.05, 3.63) is 0 Å². The molecule has 0 bridgehead atoms. The Hall–Kier alpha value is -0.610. The summed E-state index contributed by atoms with van der Waals surface area (Å²) in [7, 11) is 1.79. The van der Waals surface area contributed by atoms with E-state index in [0.717, 1.165) is 19.4 Å². The Kier molecular flexibility index (Phi) is 3.73. The molecule has 1 heterocycles. The number of hydrogen-bond acceptors (Lipinski definition) is 3. The van der Waals surface area contributed by atoms with Gasteiger partial charge in [0.15, 0.2) is 0 Å². The third-order valence-corrected chi connectivity index (χ3v) is 3.05. The first-order valence-corrected chi connectivity index (χ1v) is 5.49. The van der Waals surface area contributed by atoms with Crippen molar-refractivity contribution in [2.24, 2.45) is 0 Å². The molecule has 1 fully saturated rings. The van der Waals surface area contributed by atoms with Gasteiger partial charge in [-0.2, -0.15) is 0 Å². The number of amides is 1. The molecule has 0 aromatic heterocycles. The number of carbonyl (C=O) groups excluding carboxylic acids is 1. The van der Waals surface area contributed by atoms with Crippen molar-refractivity contribution >= 4 is 5.91 Å². The summed E-state index contributed by atoms with van der Waals surface area (Å²) < 4.78 is 5.40. The van der Waals surface area contributed by atoms with Crippen LogP contribution in [0.15, 0.2) is 0 Å². The monoisotopic (exact) mass is 214 g/mol. The van der Waals surface area contributed by atoms with Crippen LogP contribution in [0, 0.1) is 0 Å². The van der Waals surface area contributed by atoms with E-state index >= 15 is 0 Å². The van der Waals surface area contributed by atoms with Gasteiger partial charge in [-0.05, 0) is 40.7 Å². The van der Waals surface area contributed by atoms with E-state index in [9.17, 15) is 4.79 Å². The summed E-state index contributed by atoms with van der Waals surface area (Å²) in [5.41, 5.74) is -0.732. The quantitative estimate of drug-likeness (QED) is 0.726. The fraction of sp³-hybridized carbons (Fsp3) is 0.909. The molecule has 0 aliphatic carbocycles. The number of carbonyl (C=O) groups is 1. The van der Waals surface area contributed by atoms with Gasteiger partial charge in [0, 0.05) is 6.61 Å². The molecule has 4 nitrogen and oxygen atoms in total. The van der Waals surface area contributed by atoms with Crippen molar-refractivity contribution in [1.82, 2.24) is 10.6 Å². The molecule has 15 heavy (non-hydrogen) atoms. The largest absolute Gasteiger partial charge is 0.379 e. The smallest absolute Gasteiger partial charge is 0.240 e. The zero-order chi connectivity index (χ0) is 11.5. The maximum Gasteiger partial charge on any atom is 0.240 e. The highest BCUT2D eigenvalue weighted by Gasteiger charge is 2.34. The summed E-state index contributed by atoms with van der Waals surface area (Å²) in [6.07, 6.45) is 2.00. The highest BCUT2D eigenvalue weighted by atomic mass is 16.5. The molecular formula is C11H22N2O2. The molecule has 0 radical (unpaired) electrons. The van der Waals surface area contributed by atoms with Crippen molar-refractivity contribution in [3.8, 4) is 0 Å². The van der Waals surface area contributed by atoms with Crippen LogP contribution in [-0.4, -0.2) is 37.2 Å². The summed E-state index contributed by atoms with van der Waals surface area (Å²) >= 11 is 0. The van der Waals surface area contributed by atoms with Gasteiger partial charge < -0.3 is 15.4 Å². The number of likely N-dealkylation sites (N-methyl/N-ethyl adjacent to an activating group) is 1. The molecule has 1 aliphatic rings. The van der Waals surface area contributed by atoms with Crippen molar-refractivity contribution < 1.29 is 9.53 Å². The summed E-state index contributed by atoms with van der Waals surface area (Å²) in [4.78, 5) is 11.9. The van der Waals surface area contributed by atoms with Crippen molar-refractivity contribution in [2.45, 2.75) is 44.7 Å². The summed E-state index contributed by atoms with van der Waals surface area (Å²) in [5, 5.41) is 6.06. The van der Waals surface area contributed by atoms with E-state index in [1.54, 1.807) is 7.05 Å². The molecule has 1 aliphatic heterocycles. The number of rotatable bonds is 3. The van der Waals surface area contributed by atoms with Crippen LogP contribution in [0.4, 0.5) is 0 Å². The van der Waals surface area contributed by atoms with Crippen LogP contribution in [0.25, 0.3) is 0 Å². The minimum absolute atomic E-state index is 0.0259. The number of ether oxygens (including phenoxy) is 1. The van der Waals surface area contributed by atoms with E-state index in [1.807, 2.05) is 20.8 Å². The second-order valence-corrected chi connectivity index (χ2v) is 5.05. The van der Waals surface area contributed by atoms with Crippen LogP contribution < -0.4 is 10.6 Å². The average Bonchev–Trinajstić information content (AvgIpc) is 2.18. The Labute approximate surface area is 91.8 Å². The van der Waals surface area contributed by atoms with Crippen molar-refractivity contribution in [2.75, 3.05) is 20.3 Å². The molecule has 1 amide bonds. The van der Waals surface area contributed by atoms with E-state index in [0.29, 0.717) is 6.61 Å². The second kappa shape index (κ2) is 4.49. The van der Waals surface area contributed by atoms with Gasteiger partial charge in [-0.3, -0.25) is 4.79 Å². The van der Waals surface area contributed by atoms with E-state index in [2.05, 4.69) is 10.6 Å². The Balaban J connectivity index is 2.56. The molecule has 1 atom stereocenters. The zero-order valence-corrected chi connectivity index (χ0v) is 10.1.